The van der Waals surface area contributed by atoms with Crippen LogP contribution in [0, 0.1) is 0 Å². The van der Waals surface area contributed by atoms with Crippen LogP contribution in [-0.4, -0.2) is 50.9 Å². The van der Waals surface area contributed by atoms with Gasteiger partial charge < -0.3 is 18.9 Å². The van der Waals surface area contributed by atoms with E-state index in [9.17, 15) is 18.0 Å². The quantitative estimate of drug-likeness (QED) is 0.456. The van der Waals surface area contributed by atoms with Crippen LogP contribution in [0.5, 0.6) is 11.5 Å². The Hall–Kier alpha value is -2.78. The van der Waals surface area contributed by atoms with Gasteiger partial charge in [-0.2, -0.15) is 13.2 Å². The average molecular weight is 520 g/mol. The van der Waals surface area contributed by atoms with Gasteiger partial charge in [-0.05, 0) is 54.5 Å². The Morgan fingerprint density at radius 3 is 2.54 bits per heavy atom. The predicted octanol–water partition coefficient (Wildman–Crippen LogP) is 5.42. The lowest BCUT2D eigenvalue weighted by Gasteiger charge is -2.32. The van der Waals surface area contributed by atoms with Crippen LogP contribution in [0.2, 0.25) is 0 Å². The summed E-state index contributed by atoms with van der Waals surface area (Å²) in [7, 11) is 3.04. The number of ether oxygens (including phenoxy) is 4. The van der Waals surface area contributed by atoms with Gasteiger partial charge >= 0.3 is 12.1 Å². The average Bonchev–Trinajstić information content (AvgIpc) is 3.48. The van der Waals surface area contributed by atoms with Crippen molar-refractivity contribution in [1.82, 2.24) is 4.90 Å². The van der Waals surface area contributed by atoms with Gasteiger partial charge in [-0.1, -0.05) is 12.1 Å². The summed E-state index contributed by atoms with van der Waals surface area (Å²) in [6.45, 7) is 2.10. The van der Waals surface area contributed by atoms with Crippen LogP contribution in [0.15, 0.2) is 30.3 Å². The molecular weight excluding hydrogens is 487 g/mol. The summed E-state index contributed by atoms with van der Waals surface area (Å²) in [5, 5.41) is 0. The minimum atomic E-state index is -4.41. The van der Waals surface area contributed by atoms with Crippen molar-refractivity contribution in [2.75, 3.05) is 33.9 Å². The number of fused-ring (bicyclic) bond motifs is 2. The topological polar surface area (TPSA) is 57.2 Å². The number of piperidine rings is 1. The van der Waals surface area contributed by atoms with Gasteiger partial charge in [-0.15, -0.1) is 0 Å². The number of hydrogen-bond donors (Lipinski definition) is 0. The van der Waals surface area contributed by atoms with E-state index in [1.807, 2.05) is 12.1 Å². The van der Waals surface area contributed by atoms with Gasteiger partial charge in [0.1, 0.15) is 17.6 Å². The number of likely N-dealkylation sites (tertiary alicyclic amines) is 1. The van der Waals surface area contributed by atoms with Crippen LogP contribution in [0.25, 0.3) is 0 Å². The van der Waals surface area contributed by atoms with E-state index in [0.717, 1.165) is 29.5 Å². The Kier molecular flexibility index (Phi) is 7.36. The highest BCUT2D eigenvalue weighted by molar-refractivity contribution is 5.71. The lowest BCUT2D eigenvalue weighted by molar-refractivity contribution is -0.141. The molecule has 200 valence electrons. The molecule has 0 radical (unpaired) electrons. The van der Waals surface area contributed by atoms with E-state index in [1.54, 1.807) is 19.2 Å². The molecule has 0 spiro atoms. The highest BCUT2D eigenvalue weighted by Crippen LogP contribution is 2.44. The number of benzene rings is 2. The third kappa shape index (κ3) is 5.43. The van der Waals surface area contributed by atoms with Gasteiger partial charge in [-0.3, -0.25) is 9.69 Å². The number of hydrogen-bond acceptors (Lipinski definition) is 6. The number of methoxy groups -OCH3 is 2. The van der Waals surface area contributed by atoms with Gasteiger partial charge in [0.05, 0.1) is 31.8 Å². The van der Waals surface area contributed by atoms with Crippen LogP contribution in [0.3, 0.4) is 0 Å². The molecule has 2 aliphatic heterocycles. The van der Waals surface area contributed by atoms with Crippen molar-refractivity contribution < 1.29 is 36.9 Å². The largest absolute Gasteiger partial charge is 0.492 e. The fraction of sp³-hybridized carbons (Fsp3) is 0.536. The summed E-state index contributed by atoms with van der Waals surface area (Å²) in [5.41, 5.74) is 2.32. The number of carbonyl (C=O) groups excluding carboxylic acids is 1. The summed E-state index contributed by atoms with van der Waals surface area (Å²) < 4.78 is 64.2. The predicted molar refractivity (Wildman–Crippen MR) is 130 cm³/mol. The lowest BCUT2D eigenvalue weighted by Crippen LogP contribution is -2.36. The Labute approximate surface area is 214 Å². The molecule has 2 heterocycles. The fourth-order valence-electron chi connectivity index (χ4n) is 5.78. The molecule has 1 saturated heterocycles. The third-order valence-electron chi connectivity index (χ3n) is 7.81. The first kappa shape index (κ1) is 25.9. The zero-order chi connectivity index (χ0) is 26.2. The van der Waals surface area contributed by atoms with Crippen molar-refractivity contribution in [3.8, 4) is 11.5 Å². The Morgan fingerprint density at radius 1 is 1.08 bits per heavy atom. The molecule has 1 fully saturated rings. The van der Waals surface area contributed by atoms with Crippen LogP contribution < -0.4 is 9.47 Å². The van der Waals surface area contributed by atoms with Gasteiger partial charge in [0.15, 0.2) is 0 Å². The first-order valence-corrected chi connectivity index (χ1v) is 12.7. The van der Waals surface area contributed by atoms with Crippen molar-refractivity contribution >= 4 is 5.97 Å². The van der Waals surface area contributed by atoms with Gasteiger partial charge in [-0.25, -0.2) is 0 Å². The molecule has 2 aromatic rings. The molecule has 0 aromatic heterocycles. The van der Waals surface area contributed by atoms with Crippen LogP contribution in [0.4, 0.5) is 13.2 Å². The second-order valence-corrected chi connectivity index (χ2v) is 10.0. The molecule has 9 heteroatoms. The molecule has 0 N–H and O–H groups in total. The molecule has 1 aliphatic carbocycles. The van der Waals surface area contributed by atoms with Crippen molar-refractivity contribution in [2.45, 2.75) is 63.0 Å². The summed E-state index contributed by atoms with van der Waals surface area (Å²) in [6, 6.07) is 8.31. The van der Waals surface area contributed by atoms with Gasteiger partial charge in [0.25, 0.3) is 0 Å². The molecule has 6 nitrogen and oxygen atoms in total. The van der Waals surface area contributed by atoms with Crippen molar-refractivity contribution in [2.24, 2.45) is 0 Å². The number of halogens is 3. The van der Waals surface area contributed by atoms with Crippen LogP contribution >= 0.6 is 0 Å². The van der Waals surface area contributed by atoms with E-state index >= 15 is 0 Å². The van der Waals surface area contributed by atoms with Gasteiger partial charge in [0, 0.05) is 44.3 Å². The lowest BCUT2D eigenvalue weighted by atomic mass is 9.95. The molecule has 3 aliphatic rings. The molecule has 0 unspecified atom stereocenters. The second kappa shape index (κ2) is 10.5. The second-order valence-electron chi connectivity index (χ2n) is 10.0. The van der Waals surface area contributed by atoms with Crippen molar-refractivity contribution in [3.63, 3.8) is 0 Å². The zero-order valence-corrected chi connectivity index (χ0v) is 21.1. The van der Waals surface area contributed by atoms with E-state index in [-0.39, 0.29) is 37.1 Å². The molecule has 0 bridgehead atoms. The first-order valence-electron chi connectivity index (χ1n) is 12.7. The summed E-state index contributed by atoms with van der Waals surface area (Å²) in [4.78, 5) is 13.8. The monoisotopic (exact) mass is 519 g/mol. The number of nitrogens with zero attached hydrogens (tertiary/aromatic N) is 1. The normalized spacial score (nSPS) is 21.9. The highest BCUT2D eigenvalue weighted by atomic mass is 19.4. The third-order valence-corrected chi connectivity index (χ3v) is 7.81. The molecule has 0 saturated carbocycles. The smallest absolute Gasteiger partial charge is 0.416 e. The molecule has 5 rings (SSSR count). The molecular formula is C28H32F3NO5. The zero-order valence-electron chi connectivity index (χ0n) is 21.1. The first-order chi connectivity index (χ1) is 17.8. The number of carbonyl (C=O) groups is 1. The minimum absolute atomic E-state index is 0.0685. The van der Waals surface area contributed by atoms with Crippen LogP contribution in [-0.2, 0) is 33.4 Å². The molecule has 37 heavy (non-hydrogen) atoms. The molecule has 0 amide bonds. The fourth-order valence-corrected chi connectivity index (χ4v) is 5.78. The van der Waals surface area contributed by atoms with Crippen molar-refractivity contribution in [1.29, 1.82) is 0 Å². The standard InChI is InChI=1S/C28H32F3NO5/c1-34-18-9-11-32(12-10-18)15-23-21-6-8-25(22(21)5-7-24(23)28(29,30)31)37-19-3-4-20-17(13-27(33)35-2)16-36-26(20)14-19/h3-5,7,14,17-18,25H,6,8-13,15-16H2,1-2H3/t17-,25-/m1/s1. The van der Waals surface area contributed by atoms with Crippen LogP contribution in [0.1, 0.15) is 65.5 Å². The summed E-state index contributed by atoms with van der Waals surface area (Å²) >= 11 is 0. The number of alkyl halides is 3. The molecule has 2 atom stereocenters. The Morgan fingerprint density at radius 2 is 1.84 bits per heavy atom. The molecule has 2 aromatic carbocycles. The number of rotatable bonds is 7. The van der Waals surface area contributed by atoms with E-state index < -0.39 is 11.7 Å². The Balaban J connectivity index is 1.35. The maximum atomic E-state index is 14.0. The summed E-state index contributed by atoms with van der Waals surface area (Å²) in [6.07, 6.45) is -1.54. The minimum Gasteiger partial charge on any atom is -0.492 e. The maximum Gasteiger partial charge on any atom is 0.416 e. The SMILES string of the molecule is COC(=O)C[C@@H]1COc2cc(O[C@@H]3CCc4c3ccc(C(F)(F)F)c4CN3CCC(OC)CC3)ccc21. The summed E-state index contributed by atoms with van der Waals surface area (Å²) in [5.74, 6) is 0.901. The Bertz CT molecular complexity index is 1140. The van der Waals surface area contributed by atoms with Gasteiger partial charge in [0.2, 0.25) is 0 Å². The number of esters is 1. The van der Waals surface area contributed by atoms with E-state index in [0.29, 0.717) is 49.6 Å². The maximum absolute atomic E-state index is 14.0. The van der Waals surface area contributed by atoms with Crippen molar-refractivity contribution in [3.05, 3.63) is 58.1 Å². The van der Waals surface area contributed by atoms with E-state index in [4.69, 9.17) is 18.9 Å². The van der Waals surface area contributed by atoms with E-state index in [1.165, 1.54) is 13.2 Å². The highest BCUT2D eigenvalue weighted by Gasteiger charge is 2.38. The van der Waals surface area contributed by atoms with E-state index in [2.05, 4.69) is 4.90 Å².